The predicted octanol–water partition coefficient (Wildman–Crippen LogP) is 6.15. The molecule has 2 aromatic heterocycles. The lowest BCUT2D eigenvalue weighted by Gasteiger charge is -2.18. The molecule has 0 aliphatic carbocycles. The van der Waals surface area contributed by atoms with Gasteiger partial charge in [0.05, 0.1) is 12.4 Å². The molecule has 178 valence electrons. The van der Waals surface area contributed by atoms with Gasteiger partial charge in [0.1, 0.15) is 24.2 Å². The molecule has 0 saturated heterocycles. The average Bonchev–Trinajstić information content (AvgIpc) is 2.79. The SMILES string of the molecule is CC/C=[N+](\C(=O)OC(C)(C)C)c1nccc(Cc2cncc(OCc3ccccc3)c2C)c1F. The Morgan fingerprint density at radius 2 is 1.85 bits per heavy atom. The zero-order chi connectivity index (χ0) is 24.7. The number of carbonyl (C=O) groups is 1. The van der Waals surface area contributed by atoms with Gasteiger partial charge in [-0.2, -0.15) is 9.18 Å². The van der Waals surface area contributed by atoms with Crippen LogP contribution in [-0.2, 0) is 17.8 Å². The lowest BCUT2D eigenvalue weighted by molar-refractivity contribution is -0.367. The number of benzene rings is 1. The van der Waals surface area contributed by atoms with Gasteiger partial charge in [-0.15, -0.1) is 4.58 Å². The largest absolute Gasteiger partial charge is 0.512 e. The molecule has 0 atom stereocenters. The molecule has 3 aromatic rings. The highest BCUT2D eigenvalue weighted by Crippen LogP contribution is 2.26. The maximum atomic E-state index is 15.5. The van der Waals surface area contributed by atoms with Gasteiger partial charge in [-0.1, -0.05) is 37.3 Å². The monoisotopic (exact) mass is 464 g/mol. The van der Waals surface area contributed by atoms with E-state index >= 15 is 4.39 Å². The average molecular weight is 465 g/mol. The summed E-state index contributed by atoms with van der Waals surface area (Å²) in [5, 5.41) is 0. The molecule has 7 heteroatoms. The van der Waals surface area contributed by atoms with Gasteiger partial charge in [-0.05, 0) is 61.9 Å². The van der Waals surface area contributed by atoms with Crippen molar-refractivity contribution in [2.75, 3.05) is 0 Å². The van der Waals surface area contributed by atoms with E-state index < -0.39 is 17.5 Å². The van der Waals surface area contributed by atoms with Gasteiger partial charge >= 0.3 is 11.9 Å². The van der Waals surface area contributed by atoms with Crippen molar-refractivity contribution in [2.45, 2.75) is 59.7 Å². The van der Waals surface area contributed by atoms with E-state index in [-0.39, 0.29) is 12.2 Å². The second-order valence-corrected chi connectivity index (χ2v) is 8.92. The van der Waals surface area contributed by atoms with Gasteiger partial charge in [-0.3, -0.25) is 4.98 Å². The molecule has 1 amide bonds. The third-order valence-electron chi connectivity index (χ3n) is 5.03. The maximum Gasteiger partial charge on any atom is 0.512 e. The molecular formula is C27H31FN3O3+. The first-order chi connectivity index (χ1) is 16.2. The Morgan fingerprint density at radius 3 is 2.53 bits per heavy atom. The van der Waals surface area contributed by atoms with Gasteiger partial charge in [0.25, 0.3) is 0 Å². The smallest absolute Gasteiger partial charge is 0.487 e. The zero-order valence-corrected chi connectivity index (χ0v) is 20.3. The summed E-state index contributed by atoms with van der Waals surface area (Å²) in [6.45, 7) is 9.48. The molecule has 34 heavy (non-hydrogen) atoms. The van der Waals surface area contributed by atoms with E-state index in [0.29, 0.717) is 24.3 Å². The topological polar surface area (TPSA) is 64.3 Å². The molecule has 0 unspecified atom stereocenters. The van der Waals surface area contributed by atoms with Crippen LogP contribution in [0.2, 0.25) is 0 Å². The van der Waals surface area contributed by atoms with E-state index in [4.69, 9.17) is 9.47 Å². The van der Waals surface area contributed by atoms with Gasteiger partial charge in [-0.25, -0.2) is 0 Å². The molecule has 0 spiro atoms. The van der Waals surface area contributed by atoms with Crippen LogP contribution in [-0.4, -0.2) is 32.5 Å². The van der Waals surface area contributed by atoms with Crippen molar-refractivity contribution in [1.29, 1.82) is 0 Å². The minimum Gasteiger partial charge on any atom is -0.487 e. The molecule has 6 nitrogen and oxygen atoms in total. The lowest BCUT2D eigenvalue weighted by Crippen LogP contribution is -2.30. The Hall–Kier alpha value is -3.61. The van der Waals surface area contributed by atoms with Crippen molar-refractivity contribution in [3.8, 4) is 5.75 Å². The van der Waals surface area contributed by atoms with E-state index in [1.807, 2.05) is 44.2 Å². The van der Waals surface area contributed by atoms with Crippen molar-refractivity contribution in [3.63, 3.8) is 0 Å². The number of rotatable bonds is 7. The van der Waals surface area contributed by atoms with E-state index in [9.17, 15) is 4.79 Å². The van der Waals surface area contributed by atoms with E-state index in [1.165, 1.54) is 6.20 Å². The Bertz CT molecular complexity index is 1170. The minimum absolute atomic E-state index is 0.0873. The third kappa shape index (κ3) is 6.47. The van der Waals surface area contributed by atoms with Crippen molar-refractivity contribution in [2.24, 2.45) is 0 Å². The summed E-state index contributed by atoms with van der Waals surface area (Å²) >= 11 is 0. The van der Waals surface area contributed by atoms with Crippen LogP contribution in [0.1, 0.15) is 56.4 Å². The molecule has 0 fully saturated rings. The summed E-state index contributed by atoms with van der Waals surface area (Å²) in [6.07, 6.45) is 6.53. The molecule has 3 rings (SSSR count). The minimum atomic E-state index is -0.714. The van der Waals surface area contributed by atoms with E-state index in [1.54, 1.807) is 45.4 Å². The first-order valence-corrected chi connectivity index (χ1v) is 11.3. The van der Waals surface area contributed by atoms with E-state index in [0.717, 1.165) is 21.3 Å². The van der Waals surface area contributed by atoms with Gasteiger partial charge in [0.15, 0.2) is 0 Å². The van der Waals surface area contributed by atoms with Gasteiger partial charge in [0, 0.05) is 18.2 Å². The van der Waals surface area contributed by atoms with E-state index in [2.05, 4.69) is 9.97 Å². The van der Waals surface area contributed by atoms with Crippen LogP contribution in [0.5, 0.6) is 5.75 Å². The number of aromatic nitrogens is 2. The molecule has 0 N–H and O–H groups in total. The molecule has 0 bridgehead atoms. The first-order valence-electron chi connectivity index (χ1n) is 11.3. The molecule has 1 aromatic carbocycles. The van der Waals surface area contributed by atoms with Crippen LogP contribution in [0.4, 0.5) is 15.0 Å². The highest BCUT2D eigenvalue weighted by molar-refractivity contribution is 5.69. The molecule has 0 radical (unpaired) electrons. The standard InChI is InChI=1S/C27H31FN3O3/c1-6-14-31(26(32)34-27(3,4)5)25-24(28)21(12-13-30-25)15-22-16-29-17-23(19(22)2)33-18-20-10-8-7-9-11-20/h7-14,16-17H,6,15,18H2,1-5H3/q+1/b31-14-. The van der Waals surface area contributed by atoms with Gasteiger partial charge < -0.3 is 9.47 Å². The van der Waals surface area contributed by atoms with Gasteiger partial charge in [0.2, 0.25) is 5.82 Å². The Labute approximate surface area is 200 Å². The summed E-state index contributed by atoms with van der Waals surface area (Å²) in [5.41, 5.74) is 2.44. The van der Waals surface area contributed by atoms with Crippen molar-refractivity contribution in [1.82, 2.24) is 9.97 Å². The second kappa shape index (κ2) is 11.0. The summed E-state index contributed by atoms with van der Waals surface area (Å²) in [5.74, 6) is -0.0190. The number of carbonyl (C=O) groups excluding carboxylic acids is 1. The number of hydrogen-bond acceptors (Lipinski definition) is 5. The number of pyridine rings is 2. The van der Waals surface area contributed by atoms with Crippen LogP contribution in [0.25, 0.3) is 0 Å². The molecule has 0 saturated carbocycles. The molecule has 0 aliphatic rings. The van der Waals surface area contributed by atoms with Crippen LogP contribution in [0.15, 0.2) is 55.0 Å². The summed E-state index contributed by atoms with van der Waals surface area (Å²) in [7, 11) is 0. The quantitative estimate of drug-likeness (QED) is 0.310. The normalized spacial score (nSPS) is 11.9. The maximum absolute atomic E-state index is 15.5. The van der Waals surface area contributed by atoms with Crippen LogP contribution in [0.3, 0.4) is 0 Å². The second-order valence-electron chi connectivity index (χ2n) is 8.92. The fourth-order valence-electron chi connectivity index (χ4n) is 3.33. The number of ether oxygens (including phenoxy) is 2. The number of nitrogens with zero attached hydrogens (tertiary/aromatic N) is 3. The number of halogens is 1. The Morgan fingerprint density at radius 1 is 1.12 bits per heavy atom. The van der Waals surface area contributed by atoms with Crippen LogP contribution >= 0.6 is 0 Å². The summed E-state index contributed by atoms with van der Waals surface area (Å²) in [6, 6.07) is 11.5. The predicted molar refractivity (Wildman–Crippen MR) is 129 cm³/mol. The Kier molecular flexibility index (Phi) is 8.10. The van der Waals surface area contributed by atoms with Crippen molar-refractivity contribution in [3.05, 3.63) is 83.1 Å². The number of amides is 1. The number of hydrogen-bond donors (Lipinski definition) is 0. The first kappa shape index (κ1) is 25.0. The molecule has 2 heterocycles. The highest BCUT2D eigenvalue weighted by Gasteiger charge is 2.30. The molecular weight excluding hydrogens is 433 g/mol. The van der Waals surface area contributed by atoms with Crippen molar-refractivity contribution < 1.29 is 23.2 Å². The summed E-state index contributed by atoms with van der Waals surface area (Å²) < 4.78 is 28.1. The fraction of sp³-hybridized carbons (Fsp3) is 0.333. The third-order valence-corrected chi connectivity index (χ3v) is 5.03. The van der Waals surface area contributed by atoms with Crippen molar-refractivity contribution >= 4 is 18.1 Å². The van der Waals surface area contributed by atoms with Crippen LogP contribution in [0, 0.1) is 12.7 Å². The highest BCUT2D eigenvalue weighted by atomic mass is 19.1. The fourth-order valence-corrected chi connectivity index (χ4v) is 3.33. The molecule has 0 aliphatic heterocycles. The zero-order valence-electron chi connectivity index (χ0n) is 20.3. The van der Waals surface area contributed by atoms with Crippen LogP contribution < -0.4 is 4.74 Å². The lowest BCUT2D eigenvalue weighted by atomic mass is 10.0. The Balaban J connectivity index is 1.86. The summed E-state index contributed by atoms with van der Waals surface area (Å²) in [4.78, 5) is 21.1.